The predicted molar refractivity (Wildman–Crippen MR) is 111 cm³/mol. The van der Waals surface area contributed by atoms with Gasteiger partial charge < -0.3 is 14.3 Å². The first kappa shape index (κ1) is 18.9. The fourth-order valence-electron chi connectivity index (χ4n) is 3.48. The Morgan fingerprint density at radius 1 is 1.24 bits per heavy atom. The highest BCUT2D eigenvalue weighted by Crippen LogP contribution is 2.27. The minimum Gasteiger partial charge on any atom is -0.494 e. The third-order valence-corrected chi connectivity index (χ3v) is 4.83. The van der Waals surface area contributed by atoms with Gasteiger partial charge in [-0.1, -0.05) is 13.3 Å². The molecule has 0 atom stereocenters. The molecule has 0 saturated carbocycles. The fourth-order valence-corrected chi connectivity index (χ4v) is 3.48. The highest BCUT2D eigenvalue weighted by Gasteiger charge is 2.15. The number of aromatic nitrogens is 6. The molecule has 3 heterocycles. The number of aromatic amines is 2. The van der Waals surface area contributed by atoms with E-state index in [1.165, 1.54) is 0 Å². The molecule has 1 aromatic carbocycles. The molecule has 0 fully saturated rings. The van der Waals surface area contributed by atoms with Crippen molar-refractivity contribution in [1.82, 2.24) is 29.7 Å². The summed E-state index contributed by atoms with van der Waals surface area (Å²) in [6, 6.07) is 5.98. The number of hydrogen-bond donors (Lipinski definition) is 2. The quantitative estimate of drug-likeness (QED) is 0.503. The first-order valence-corrected chi connectivity index (χ1v) is 9.80. The minimum absolute atomic E-state index is 0.210. The third-order valence-electron chi connectivity index (χ3n) is 4.83. The Kier molecular flexibility index (Phi) is 5.16. The number of aryl methyl sites for hydroxylation is 2. The zero-order valence-electron chi connectivity index (χ0n) is 16.8. The van der Waals surface area contributed by atoms with E-state index in [1.54, 1.807) is 6.20 Å². The number of imidazole rings is 1. The molecular formula is C21H24N6O2. The number of benzene rings is 1. The zero-order chi connectivity index (χ0) is 20.4. The van der Waals surface area contributed by atoms with E-state index in [0.29, 0.717) is 29.9 Å². The lowest BCUT2D eigenvalue weighted by Gasteiger charge is -2.12. The molecule has 29 heavy (non-hydrogen) atoms. The van der Waals surface area contributed by atoms with Crippen LogP contribution in [0, 0.1) is 0 Å². The summed E-state index contributed by atoms with van der Waals surface area (Å²) in [5, 5.41) is 7.06. The number of nitrogens with one attached hydrogen (secondary N) is 2. The average Bonchev–Trinajstić information content (AvgIpc) is 3.30. The van der Waals surface area contributed by atoms with Gasteiger partial charge in [0.15, 0.2) is 0 Å². The van der Waals surface area contributed by atoms with E-state index in [4.69, 9.17) is 9.72 Å². The average molecular weight is 392 g/mol. The molecular weight excluding hydrogens is 368 g/mol. The molecule has 0 aliphatic heterocycles. The van der Waals surface area contributed by atoms with Gasteiger partial charge >= 0.3 is 0 Å². The van der Waals surface area contributed by atoms with E-state index < -0.39 is 0 Å². The molecule has 4 aromatic rings. The van der Waals surface area contributed by atoms with Crippen LogP contribution in [-0.4, -0.2) is 36.3 Å². The summed E-state index contributed by atoms with van der Waals surface area (Å²) in [5.74, 6) is 2.22. The van der Waals surface area contributed by atoms with E-state index in [-0.39, 0.29) is 5.56 Å². The van der Waals surface area contributed by atoms with Crippen molar-refractivity contribution >= 4 is 11.0 Å². The monoisotopic (exact) mass is 392 g/mol. The van der Waals surface area contributed by atoms with Crippen LogP contribution in [-0.2, 0) is 19.9 Å². The molecule has 0 radical (unpaired) electrons. The Balaban J connectivity index is 1.77. The molecule has 4 rings (SSSR count). The largest absolute Gasteiger partial charge is 0.494 e. The second-order valence-corrected chi connectivity index (χ2v) is 6.95. The van der Waals surface area contributed by atoms with Crippen LogP contribution in [0.5, 0.6) is 5.75 Å². The van der Waals surface area contributed by atoms with Crippen molar-refractivity contribution in [3.63, 3.8) is 0 Å². The number of H-pyrrole nitrogens is 2. The van der Waals surface area contributed by atoms with E-state index in [1.807, 2.05) is 42.9 Å². The van der Waals surface area contributed by atoms with Crippen LogP contribution in [0.2, 0.25) is 0 Å². The summed E-state index contributed by atoms with van der Waals surface area (Å²) in [6.45, 7) is 4.58. The topological polar surface area (TPSA) is 101 Å². The van der Waals surface area contributed by atoms with Crippen LogP contribution in [0.4, 0.5) is 0 Å². The second kappa shape index (κ2) is 7.90. The van der Waals surface area contributed by atoms with Crippen LogP contribution in [0.1, 0.15) is 37.4 Å². The summed E-state index contributed by atoms with van der Waals surface area (Å²) in [4.78, 5) is 24.5. The van der Waals surface area contributed by atoms with Crippen LogP contribution in [0.15, 0.2) is 35.4 Å². The molecule has 8 nitrogen and oxygen atoms in total. The molecule has 0 amide bonds. The lowest BCUT2D eigenvalue weighted by molar-refractivity contribution is 0.337. The highest BCUT2D eigenvalue weighted by molar-refractivity contribution is 5.75. The predicted octanol–water partition coefficient (Wildman–Crippen LogP) is 2.99. The van der Waals surface area contributed by atoms with Gasteiger partial charge in [0.1, 0.15) is 28.4 Å². The molecule has 0 unspecified atom stereocenters. The molecule has 150 valence electrons. The van der Waals surface area contributed by atoms with Crippen molar-refractivity contribution in [3.05, 3.63) is 58.0 Å². The Morgan fingerprint density at radius 2 is 2.10 bits per heavy atom. The Bertz CT molecular complexity index is 1200. The van der Waals surface area contributed by atoms with Gasteiger partial charge in [-0.25, -0.2) is 9.97 Å². The van der Waals surface area contributed by atoms with Crippen molar-refractivity contribution < 1.29 is 4.74 Å². The number of ether oxygens (including phenoxy) is 1. The van der Waals surface area contributed by atoms with Gasteiger partial charge in [-0.3, -0.25) is 9.89 Å². The van der Waals surface area contributed by atoms with Crippen molar-refractivity contribution in [2.75, 3.05) is 6.61 Å². The van der Waals surface area contributed by atoms with Crippen molar-refractivity contribution in [2.45, 2.75) is 33.1 Å². The SMILES string of the molecule is CCCc1n[nH]c2c(=O)[nH]c(Cc3cc(-c4nccn4C)ccc3OCC)nc12. The smallest absolute Gasteiger partial charge is 0.276 e. The van der Waals surface area contributed by atoms with Gasteiger partial charge in [0.25, 0.3) is 5.56 Å². The van der Waals surface area contributed by atoms with Gasteiger partial charge in [0.05, 0.1) is 12.3 Å². The zero-order valence-corrected chi connectivity index (χ0v) is 16.8. The van der Waals surface area contributed by atoms with Gasteiger partial charge in [0, 0.05) is 37.0 Å². The number of hydrogen-bond acceptors (Lipinski definition) is 5. The lowest BCUT2D eigenvalue weighted by atomic mass is 10.1. The minimum atomic E-state index is -0.210. The van der Waals surface area contributed by atoms with Crippen LogP contribution < -0.4 is 10.3 Å². The van der Waals surface area contributed by atoms with E-state index >= 15 is 0 Å². The highest BCUT2D eigenvalue weighted by atomic mass is 16.5. The first-order valence-electron chi connectivity index (χ1n) is 9.80. The van der Waals surface area contributed by atoms with Crippen LogP contribution in [0.3, 0.4) is 0 Å². The summed E-state index contributed by atoms with van der Waals surface area (Å²) in [5.41, 5.74) is 3.59. The van der Waals surface area contributed by atoms with E-state index in [0.717, 1.165) is 41.2 Å². The van der Waals surface area contributed by atoms with Crippen LogP contribution >= 0.6 is 0 Å². The van der Waals surface area contributed by atoms with Gasteiger partial charge in [0.2, 0.25) is 0 Å². The van der Waals surface area contributed by atoms with Gasteiger partial charge in [-0.15, -0.1) is 0 Å². The van der Waals surface area contributed by atoms with E-state index in [2.05, 4.69) is 27.1 Å². The maximum atomic E-state index is 12.5. The Hall–Kier alpha value is -3.42. The molecule has 0 bridgehead atoms. The van der Waals surface area contributed by atoms with Gasteiger partial charge in [-0.05, 0) is 31.5 Å². The summed E-state index contributed by atoms with van der Waals surface area (Å²) in [6.07, 6.45) is 5.83. The Morgan fingerprint density at radius 3 is 2.83 bits per heavy atom. The van der Waals surface area contributed by atoms with Crippen molar-refractivity contribution in [3.8, 4) is 17.1 Å². The van der Waals surface area contributed by atoms with Crippen molar-refractivity contribution in [1.29, 1.82) is 0 Å². The molecule has 0 aliphatic carbocycles. The standard InChI is InChI=1S/C21H24N6O2/c1-4-6-15-18-19(26-25-15)21(28)24-17(23-18)12-14-11-13(7-8-16(14)29-5-2)20-22-9-10-27(20)3/h7-11H,4-6,12H2,1-3H3,(H,25,26)(H,23,24,28). The van der Waals surface area contributed by atoms with E-state index in [9.17, 15) is 4.79 Å². The second-order valence-electron chi connectivity index (χ2n) is 6.95. The van der Waals surface area contributed by atoms with Crippen molar-refractivity contribution in [2.24, 2.45) is 7.05 Å². The lowest BCUT2D eigenvalue weighted by Crippen LogP contribution is -2.13. The fraction of sp³-hybridized carbons (Fsp3) is 0.333. The van der Waals surface area contributed by atoms with Gasteiger partial charge in [-0.2, -0.15) is 5.10 Å². The summed E-state index contributed by atoms with van der Waals surface area (Å²) >= 11 is 0. The maximum Gasteiger partial charge on any atom is 0.276 e. The number of nitrogens with zero attached hydrogens (tertiary/aromatic N) is 4. The summed E-state index contributed by atoms with van der Waals surface area (Å²) < 4.78 is 7.78. The maximum absolute atomic E-state index is 12.5. The molecule has 3 aromatic heterocycles. The molecule has 2 N–H and O–H groups in total. The van der Waals surface area contributed by atoms with Crippen LogP contribution in [0.25, 0.3) is 22.4 Å². The molecule has 0 aliphatic rings. The number of fused-ring (bicyclic) bond motifs is 1. The normalized spacial score (nSPS) is 11.3. The summed E-state index contributed by atoms with van der Waals surface area (Å²) in [7, 11) is 1.96. The Labute approximate surface area is 168 Å². The molecule has 0 spiro atoms. The number of rotatable bonds is 7. The molecule has 0 saturated heterocycles. The first-order chi connectivity index (χ1) is 14.1. The molecule has 8 heteroatoms. The third kappa shape index (κ3) is 3.65.